The molecule has 9 heteroatoms. The van der Waals surface area contributed by atoms with Crippen LogP contribution < -0.4 is 10.6 Å². The van der Waals surface area contributed by atoms with Crippen LogP contribution in [-0.4, -0.2) is 56.4 Å². The molecule has 1 saturated heterocycles. The van der Waals surface area contributed by atoms with Crippen molar-refractivity contribution in [3.8, 4) is 0 Å². The van der Waals surface area contributed by atoms with Crippen molar-refractivity contribution >= 4 is 29.9 Å². The minimum absolute atomic E-state index is 0. The van der Waals surface area contributed by atoms with Crippen molar-refractivity contribution in [2.45, 2.75) is 45.1 Å². The van der Waals surface area contributed by atoms with E-state index in [1.165, 1.54) is 12.8 Å². The molecular weight excluding hydrogens is 484 g/mol. The maximum atomic E-state index is 12.2. The molecule has 1 unspecified atom stereocenters. The van der Waals surface area contributed by atoms with Crippen LogP contribution in [0, 0.1) is 0 Å². The number of halogens is 4. The van der Waals surface area contributed by atoms with E-state index in [9.17, 15) is 13.2 Å². The lowest BCUT2D eigenvalue weighted by Gasteiger charge is -2.24. The highest BCUT2D eigenvalue weighted by molar-refractivity contribution is 14.0. The zero-order chi connectivity index (χ0) is 19.7. The van der Waals surface area contributed by atoms with Crippen LogP contribution in [0.25, 0.3) is 0 Å². The summed E-state index contributed by atoms with van der Waals surface area (Å²) in [5.74, 6) is 0.719. The van der Waals surface area contributed by atoms with Crippen LogP contribution in [0.3, 0.4) is 0 Å². The van der Waals surface area contributed by atoms with E-state index >= 15 is 0 Å². The minimum Gasteiger partial charge on any atom is -0.367 e. The number of likely N-dealkylation sites (tertiary alicyclic amines) is 1. The molecule has 0 aliphatic carbocycles. The van der Waals surface area contributed by atoms with Crippen LogP contribution in [0.1, 0.15) is 30.9 Å². The van der Waals surface area contributed by atoms with E-state index in [1.807, 2.05) is 18.2 Å². The summed E-state index contributed by atoms with van der Waals surface area (Å²) in [5, 5.41) is 6.61. The average Bonchev–Trinajstić information content (AvgIpc) is 3.09. The smallest absolute Gasteiger partial charge is 0.367 e. The first-order valence-corrected chi connectivity index (χ1v) is 9.32. The summed E-state index contributed by atoms with van der Waals surface area (Å²) in [6, 6.07) is 7.86. The van der Waals surface area contributed by atoms with Gasteiger partial charge < -0.3 is 15.4 Å². The molecule has 160 valence electrons. The highest BCUT2D eigenvalue weighted by Crippen LogP contribution is 2.16. The SMILES string of the molecule is CCN1CCCC1CNC(=NC)NCc1cccc(COCC(F)(F)F)c1.I. The van der Waals surface area contributed by atoms with E-state index in [2.05, 4.69) is 27.4 Å². The Morgan fingerprint density at radius 1 is 1.29 bits per heavy atom. The molecule has 5 nitrogen and oxygen atoms in total. The normalized spacial score (nSPS) is 18.0. The van der Waals surface area contributed by atoms with Gasteiger partial charge in [-0.25, -0.2) is 0 Å². The van der Waals surface area contributed by atoms with E-state index in [0.29, 0.717) is 18.2 Å². The third-order valence-corrected chi connectivity index (χ3v) is 4.62. The second-order valence-electron chi connectivity index (χ2n) is 6.66. The molecule has 2 N–H and O–H groups in total. The molecule has 1 aromatic carbocycles. The largest absolute Gasteiger partial charge is 0.411 e. The van der Waals surface area contributed by atoms with Crippen LogP contribution in [0.15, 0.2) is 29.3 Å². The Hall–Kier alpha value is -1.07. The van der Waals surface area contributed by atoms with Gasteiger partial charge in [0.05, 0.1) is 6.61 Å². The van der Waals surface area contributed by atoms with Crippen LogP contribution >= 0.6 is 24.0 Å². The molecule has 0 amide bonds. The summed E-state index contributed by atoms with van der Waals surface area (Å²) in [7, 11) is 1.73. The molecular formula is C19H30F3IN4O. The van der Waals surface area contributed by atoms with Crippen molar-refractivity contribution in [3.63, 3.8) is 0 Å². The van der Waals surface area contributed by atoms with Gasteiger partial charge in [-0.05, 0) is 37.1 Å². The van der Waals surface area contributed by atoms with Gasteiger partial charge in [0.25, 0.3) is 0 Å². The molecule has 1 heterocycles. The van der Waals surface area contributed by atoms with Crippen molar-refractivity contribution in [1.82, 2.24) is 15.5 Å². The van der Waals surface area contributed by atoms with Gasteiger partial charge in [0.2, 0.25) is 0 Å². The van der Waals surface area contributed by atoms with Gasteiger partial charge >= 0.3 is 6.18 Å². The van der Waals surface area contributed by atoms with Gasteiger partial charge in [0, 0.05) is 26.2 Å². The van der Waals surface area contributed by atoms with Gasteiger partial charge in [-0.1, -0.05) is 31.2 Å². The number of benzene rings is 1. The molecule has 1 aliphatic heterocycles. The summed E-state index contributed by atoms with van der Waals surface area (Å²) in [5.41, 5.74) is 1.67. The number of hydrogen-bond donors (Lipinski definition) is 2. The first-order chi connectivity index (χ1) is 12.9. The Morgan fingerprint density at radius 3 is 2.71 bits per heavy atom. The standard InChI is InChI=1S/C19H29F3N4O.HI/c1-3-26-9-5-8-17(26)12-25-18(23-2)24-11-15-6-4-7-16(10-15)13-27-14-19(20,21)22;/h4,6-7,10,17H,3,5,8-9,11-14H2,1-2H3,(H2,23,24,25);1H. The van der Waals surface area contributed by atoms with E-state index in [0.717, 1.165) is 31.2 Å². The number of guanidine groups is 1. The molecule has 28 heavy (non-hydrogen) atoms. The summed E-state index contributed by atoms with van der Waals surface area (Å²) in [6.07, 6.45) is -1.88. The zero-order valence-electron chi connectivity index (χ0n) is 16.4. The van der Waals surface area contributed by atoms with Crippen molar-refractivity contribution < 1.29 is 17.9 Å². The van der Waals surface area contributed by atoms with Crippen LogP contribution in [0.2, 0.25) is 0 Å². The number of alkyl halides is 3. The molecule has 0 aromatic heterocycles. The fraction of sp³-hybridized carbons (Fsp3) is 0.632. The molecule has 0 saturated carbocycles. The summed E-state index contributed by atoms with van der Waals surface area (Å²) in [6.45, 7) is 4.47. The molecule has 1 aliphatic rings. The van der Waals surface area contributed by atoms with E-state index in [4.69, 9.17) is 4.74 Å². The van der Waals surface area contributed by atoms with Crippen molar-refractivity contribution in [3.05, 3.63) is 35.4 Å². The van der Waals surface area contributed by atoms with Crippen LogP contribution in [0.5, 0.6) is 0 Å². The fourth-order valence-corrected chi connectivity index (χ4v) is 3.28. The number of hydrogen-bond acceptors (Lipinski definition) is 3. The quantitative estimate of drug-likeness (QED) is 0.317. The summed E-state index contributed by atoms with van der Waals surface area (Å²) >= 11 is 0. The lowest BCUT2D eigenvalue weighted by molar-refractivity contribution is -0.176. The van der Waals surface area contributed by atoms with Crippen LogP contribution in [0.4, 0.5) is 13.2 Å². The van der Waals surface area contributed by atoms with Gasteiger partial charge in [-0.3, -0.25) is 9.89 Å². The second kappa shape index (κ2) is 12.5. The third kappa shape index (κ3) is 8.95. The van der Waals surface area contributed by atoms with Gasteiger partial charge in [-0.2, -0.15) is 13.2 Å². The van der Waals surface area contributed by atoms with Gasteiger partial charge in [-0.15, -0.1) is 24.0 Å². The van der Waals surface area contributed by atoms with Crippen molar-refractivity contribution in [2.75, 3.05) is 33.3 Å². The maximum absolute atomic E-state index is 12.2. The predicted octanol–water partition coefficient (Wildman–Crippen LogP) is 3.53. The first-order valence-electron chi connectivity index (χ1n) is 9.32. The molecule has 0 bridgehead atoms. The Kier molecular flexibility index (Phi) is 11.1. The first kappa shape index (κ1) is 25.0. The Labute approximate surface area is 182 Å². The Bertz CT molecular complexity index is 613. The molecule has 0 spiro atoms. The van der Waals surface area contributed by atoms with Crippen molar-refractivity contribution in [2.24, 2.45) is 4.99 Å². The van der Waals surface area contributed by atoms with Crippen LogP contribution in [-0.2, 0) is 17.9 Å². The number of nitrogens with one attached hydrogen (secondary N) is 2. The number of nitrogens with zero attached hydrogens (tertiary/aromatic N) is 2. The third-order valence-electron chi connectivity index (χ3n) is 4.62. The lowest BCUT2D eigenvalue weighted by atomic mass is 10.1. The predicted molar refractivity (Wildman–Crippen MR) is 116 cm³/mol. The van der Waals surface area contributed by atoms with Gasteiger partial charge in [0.1, 0.15) is 6.61 Å². The lowest BCUT2D eigenvalue weighted by Crippen LogP contribution is -2.44. The number of aliphatic imine (C=N–C) groups is 1. The van der Waals surface area contributed by atoms with Crippen molar-refractivity contribution in [1.29, 1.82) is 0 Å². The van der Waals surface area contributed by atoms with Gasteiger partial charge in [0.15, 0.2) is 5.96 Å². The monoisotopic (exact) mass is 514 g/mol. The Morgan fingerprint density at radius 2 is 2.04 bits per heavy atom. The fourth-order valence-electron chi connectivity index (χ4n) is 3.28. The molecule has 1 fully saturated rings. The second-order valence-corrected chi connectivity index (χ2v) is 6.66. The summed E-state index contributed by atoms with van der Waals surface area (Å²) < 4.78 is 41.2. The number of likely N-dealkylation sites (N-methyl/N-ethyl adjacent to an activating group) is 1. The minimum atomic E-state index is -4.30. The molecule has 1 atom stereocenters. The highest BCUT2D eigenvalue weighted by Gasteiger charge is 2.27. The van der Waals surface area contributed by atoms with E-state index in [-0.39, 0.29) is 30.6 Å². The molecule has 0 radical (unpaired) electrons. The zero-order valence-corrected chi connectivity index (χ0v) is 18.7. The Balaban J connectivity index is 0.00000392. The average molecular weight is 514 g/mol. The van der Waals surface area contributed by atoms with E-state index in [1.54, 1.807) is 13.1 Å². The maximum Gasteiger partial charge on any atom is 0.411 e. The number of rotatable bonds is 8. The highest BCUT2D eigenvalue weighted by atomic mass is 127. The van der Waals surface area contributed by atoms with E-state index < -0.39 is 12.8 Å². The molecule has 2 rings (SSSR count). The topological polar surface area (TPSA) is 48.9 Å². The number of ether oxygens (including phenoxy) is 1. The summed E-state index contributed by atoms with van der Waals surface area (Å²) in [4.78, 5) is 6.70. The molecule has 1 aromatic rings.